The zero-order chi connectivity index (χ0) is 21.0. The van der Waals surface area contributed by atoms with Gasteiger partial charge in [0.05, 0.1) is 17.2 Å². The van der Waals surface area contributed by atoms with Gasteiger partial charge in [0.15, 0.2) is 5.78 Å². The molecule has 1 aromatic heterocycles. The maximum atomic E-state index is 12.4. The van der Waals surface area contributed by atoms with Crippen molar-refractivity contribution in [2.45, 2.75) is 57.9 Å². The first-order valence-electron chi connectivity index (χ1n) is 10.9. The van der Waals surface area contributed by atoms with Crippen LogP contribution in [0.2, 0.25) is 0 Å². The normalized spacial score (nSPS) is 25.8. The fourth-order valence-corrected chi connectivity index (χ4v) is 4.82. The van der Waals surface area contributed by atoms with E-state index in [1.165, 1.54) is 11.1 Å². The Morgan fingerprint density at radius 3 is 2.73 bits per heavy atom. The lowest BCUT2D eigenvalue weighted by atomic mass is 9.66. The minimum Gasteiger partial charge on any atom is -0.385 e. The monoisotopic (exact) mass is 404 g/mol. The number of benzene rings is 1. The molecule has 2 aromatic rings. The van der Waals surface area contributed by atoms with Gasteiger partial charge in [-0.25, -0.2) is 0 Å². The maximum Gasteiger partial charge on any atom is 0.165 e. The SMILES string of the molecule is CN(Cc1ccc(CNC2CCCC3(C)C(=O)C=CNC23)cc1)Cc1ccccn1. The number of allylic oxidation sites excluding steroid dienone is 1. The molecule has 3 unspecified atom stereocenters. The Bertz CT molecular complexity index is 880. The molecule has 0 bridgehead atoms. The van der Waals surface area contributed by atoms with Gasteiger partial charge >= 0.3 is 0 Å². The van der Waals surface area contributed by atoms with E-state index in [-0.39, 0.29) is 17.2 Å². The van der Waals surface area contributed by atoms with Crippen molar-refractivity contribution < 1.29 is 4.79 Å². The summed E-state index contributed by atoms with van der Waals surface area (Å²) in [5.41, 5.74) is 3.38. The third kappa shape index (κ3) is 4.63. The van der Waals surface area contributed by atoms with Gasteiger partial charge in [0.2, 0.25) is 0 Å². The molecule has 1 aromatic carbocycles. The lowest BCUT2D eigenvalue weighted by molar-refractivity contribution is -0.127. The van der Waals surface area contributed by atoms with Crippen LogP contribution in [-0.2, 0) is 24.4 Å². The number of aromatic nitrogens is 1. The minimum atomic E-state index is -0.285. The first kappa shape index (κ1) is 20.8. The smallest absolute Gasteiger partial charge is 0.165 e. The van der Waals surface area contributed by atoms with Crippen molar-refractivity contribution >= 4 is 5.78 Å². The molecule has 30 heavy (non-hydrogen) atoms. The lowest BCUT2D eigenvalue weighted by Gasteiger charge is -2.46. The summed E-state index contributed by atoms with van der Waals surface area (Å²) in [6.45, 7) is 4.67. The second kappa shape index (κ2) is 9.11. The van der Waals surface area contributed by atoms with Crippen LogP contribution >= 0.6 is 0 Å². The molecular formula is C25H32N4O. The van der Waals surface area contributed by atoms with E-state index in [0.717, 1.165) is 44.6 Å². The molecule has 3 atom stereocenters. The molecule has 1 fully saturated rings. The van der Waals surface area contributed by atoms with Crippen molar-refractivity contribution in [3.8, 4) is 0 Å². The third-order valence-electron chi connectivity index (χ3n) is 6.58. The number of hydrogen-bond donors (Lipinski definition) is 2. The quantitative estimate of drug-likeness (QED) is 0.741. The van der Waals surface area contributed by atoms with Crippen molar-refractivity contribution in [3.63, 3.8) is 0 Å². The summed E-state index contributed by atoms with van der Waals surface area (Å²) in [4.78, 5) is 19.1. The standard InChI is InChI=1S/C25H32N4O/c1-25-13-5-7-22(24(25)27-15-12-23(25)30)28-16-19-8-10-20(11-9-19)17-29(2)18-21-6-3-4-14-26-21/h3-4,6,8-12,14-15,22,24,27-28H,5,7,13,16-18H2,1-2H3. The van der Waals surface area contributed by atoms with Crippen LogP contribution < -0.4 is 10.6 Å². The number of nitrogens with zero attached hydrogens (tertiary/aromatic N) is 2. The van der Waals surface area contributed by atoms with E-state index >= 15 is 0 Å². The van der Waals surface area contributed by atoms with Crippen molar-refractivity contribution in [3.05, 3.63) is 77.8 Å². The highest BCUT2D eigenvalue weighted by Crippen LogP contribution is 2.39. The Morgan fingerprint density at radius 1 is 1.17 bits per heavy atom. The predicted octanol–water partition coefficient (Wildman–Crippen LogP) is 3.42. The Hall–Kier alpha value is -2.50. The van der Waals surface area contributed by atoms with Crippen LogP contribution in [0.15, 0.2) is 60.9 Å². The van der Waals surface area contributed by atoms with Crippen molar-refractivity contribution in [1.82, 2.24) is 20.5 Å². The molecule has 2 aliphatic rings. The number of rotatable bonds is 7. The molecule has 5 nitrogen and oxygen atoms in total. The zero-order valence-electron chi connectivity index (χ0n) is 18.0. The summed E-state index contributed by atoms with van der Waals surface area (Å²) in [6.07, 6.45) is 8.52. The molecule has 1 aliphatic carbocycles. The largest absolute Gasteiger partial charge is 0.385 e. The number of nitrogens with one attached hydrogen (secondary N) is 2. The average molecular weight is 405 g/mol. The van der Waals surface area contributed by atoms with E-state index in [4.69, 9.17) is 0 Å². The van der Waals surface area contributed by atoms with Gasteiger partial charge in [0.25, 0.3) is 0 Å². The molecule has 0 amide bonds. The number of carbonyl (C=O) groups excluding carboxylic acids is 1. The highest BCUT2D eigenvalue weighted by molar-refractivity contribution is 5.96. The Balaban J connectivity index is 1.30. The highest BCUT2D eigenvalue weighted by Gasteiger charge is 2.47. The van der Waals surface area contributed by atoms with Gasteiger partial charge in [0.1, 0.15) is 0 Å². The van der Waals surface area contributed by atoms with Crippen molar-refractivity contribution in [2.75, 3.05) is 7.05 Å². The summed E-state index contributed by atoms with van der Waals surface area (Å²) in [5.74, 6) is 0.261. The van der Waals surface area contributed by atoms with Gasteiger partial charge in [-0.15, -0.1) is 0 Å². The van der Waals surface area contributed by atoms with Gasteiger partial charge in [-0.05, 0) is 49.2 Å². The van der Waals surface area contributed by atoms with Crippen molar-refractivity contribution in [1.29, 1.82) is 0 Å². The summed E-state index contributed by atoms with van der Waals surface area (Å²) >= 11 is 0. The number of pyridine rings is 1. The van der Waals surface area contributed by atoms with Crippen LogP contribution in [0.1, 0.15) is 43.0 Å². The molecule has 1 aliphatic heterocycles. The first-order valence-corrected chi connectivity index (χ1v) is 10.9. The van der Waals surface area contributed by atoms with Crippen LogP contribution in [0.25, 0.3) is 0 Å². The summed E-state index contributed by atoms with van der Waals surface area (Å²) in [6, 6.07) is 15.3. The predicted molar refractivity (Wildman–Crippen MR) is 120 cm³/mol. The van der Waals surface area contributed by atoms with Crippen LogP contribution in [0.4, 0.5) is 0 Å². The van der Waals surface area contributed by atoms with Crippen LogP contribution in [0, 0.1) is 5.41 Å². The van der Waals surface area contributed by atoms with Gasteiger partial charge in [-0.2, -0.15) is 0 Å². The second-order valence-corrected chi connectivity index (χ2v) is 8.95. The molecule has 0 spiro atoms. The lowest BCUT2D eigenvalue weighted by Crippen LogP contribution is -2.61. The van der Waals surface area contributed by atoms with E-state index in [0.29, 0.717) is 6.04 Å². The third-order valence-corrected chi connectivity index (χ3v) is 6.58. The number of carbonyl (C=O) groups is 1. The number of ketones is 1. The molecule has 0 saturated heterocycles. The van der Waals surface area contributed by atoms with Crippen LogP contribution in [0.5, 0.6) is 0 Å². The highest BCUT2D eigenvalue weighted by atomic mass is 16.1. The summed E-state index contributed by atoms with van der Waals surface area (Å²) in [7, 11) is 2.12. The molecule has 2 heterocycles. The van der Waals surface area contributed by atoms with Gasteiger partial charge in [0, 0.05) is 38.1 Å². The second-order valence-electron chi connectivity index (χ2n) is 8.95. The molecule has 4 rings (SSSR count). The molecule has 0 radical (unpaired) electrons. The topological polar surface area (TPSA) is 57.3 Å². The minimum absolute atomic E-state index is 0.170. The average Bonchev–Trinajstić information content (AvgIpc) is 2.75. The van der Waals surface area contributed by atoms with E-state index in [9.17, 15) is 4.79 Å². The molecule has 1 saturated carbocycles. The molecule has 158 valence electrons. The zero-order valence-corrected chi connectivity index (χ0v) is 18.0. The van der Waals surface area contributed by atoms with Gasteiger partial charge < -0.3 is 10.6 Å². The summed E-state index contributed by atoms with van der Waals surface area (Å²) < 4.78 is 0. The number of fused-ring (bicyclic) bond motifs is 1. The molecule has 2 N–H and O–H groups in total. The van der Waals surface area contributed by atoms with E-state index in [1.54, 1.807) is 6.08 Å². The van der Waals surface area contributed by atoms with Gasteiger partial charge in [-0.1, -0.05) is 43.7 Å². The van der Waals surface area contributed by atoms with E-state index in [1.807, 2.05) is 24.5 Å². The first-order chi connectivity index (χ1) is 14.5. The Morgan fingerprint density at radius 2 is 1.97 bits per heavy atom. The van der Waals surface area contributed by atoms with Gasteiger partial charge in [-0.3, -0.25) is 14.7 Å². The van der Waals surface area contributed by atoms with Crippen molar-refractivity contribution in [2.24, 2.45) is 5.41 Å². The molecule has 5 heteroatoms. The molecular weight excluding hydrogens is 372 g/mol. The number of hydrogen-bond acceptors (Lipinski definition) is 5. The Labute approximate surface area is 179 Å². The maximum absolute atomic E-state index is 12.4. The van der Waals surface area contributed by atoms with E-state index < -0.39 is 0 Å². The fraction of sp³-hybridized carbons (Fsp3) is 0.440. The fourth-order valence-electron chi connectivity index (χ4n) is 4.82. The Kier molecular flexibility index (Phi) is 6.30. The van der Waals surface area contributed by atoms with E-state index in [2.05, 4.69) is 64.8 Å². The van der Waals surface area contributed by atoms with Crippen LogP contribution in [-0.4, -0.2) is 34.8 Å². The summed E-state index contributed by atoms with van der Waals surface area (Å²) in [5, 5.41) is 7.16. The van der Waals surface area contributed by atoms with Crippen LogP contribution in [0.3, 0.4) is 0 Å².